The summed E-state index contributed by atoms with van der Waals surface area (Å²) in [4.78, 5) is 31.7. The van der Waals surface area contributed by atoms with Gasteiger partial charge >= 0.3 is 0 Å². The Morgan fingerprint density at radius 1 is 1.23 bits per heavy atom. The molecule has 0 saturated carbocycles. The smallest absolute Gasteiger partial charge is 0.247 e. The van der Waals surface area contributed by atoms with E-state index in [0.29, 0.717) is 34.6 Å². The minimum Gasteiger partial charge on any atom is -0.491 e. The van der Waals surface area contributed by atoms with Gasteiger partial charge in [0, 0.05) is 28.0 Å². The maximum absolute atomic E-state index is 11.9. The Kier molecular flexibility index (Phi) is 7.52. The summed E-state index contributed by atoms with van der Waals surface area (Å²) in [7, 11) is 0. The molecule has 0 aliphatic carbocycles. The lowest BCUT2D eigenvalue weighted by molar-refractivity contribution is -0.129. The van der Waals surface area contributed by atoms with Crippen LogP contribution in [0, 0.1) is 0 Å². The van der Waals surface area contributed by atoms with Crippen LogP contribution in [-0.2, 0) is 9.59 Å². The van der Waals surface area contributed by atoms with E-state index in [1.54, 1.807) is 17.6 Å². The van der Waals surface area contributed by atoms with E-state index in [0.717, 1.165) is 16.2 Å². The van der Waals surface area contributed by atoms with Crippen molar-refractivity contribution in [3.8, 4) is 5.75 Å². The average Bonchev–Trinajstić information content (AvgIpc) is 2.77. The Morgan fingerprint density at radius 3 is 2.81 bits per heavy atom. The molecule has 0 spiro atoms. The summed E-state index contributed by atoms with van der Waals surface area (Å²) in [6.07, 6.45) is 3.06. The summed E-state index contributed by atoms with van der Waals surface area (Å²) in [5.74, 6) is 0.0445. The number of hydrogen-bond donors (Lipinski definition) is 4. The molecule has 1 aromatic heterocycles. The van der Waals surface area contributed by atoms with Crippen LogP contribution in [0.4, 0.5) is 17.2 Å². The standard InChI is InChI=1S/C21H20BrN5O4/c1-2-19(28)26-17-10-15-16(11-18(17)31-8-4-7-20(29)27-30)23-12-24-21(15)25-14-6-3-5-13(22)9-14/h2-3,5-6,9-12,30H,1,4,7-8H2,(H,26,28)(H,27,29)(H,23,24,25). The van der Waals surface area contributed by atoms with Crippen molar-refractivity contribution in [1.29, 1.82) is 0 Å². The van der Waals surface area contributed by atoms with Gasteiger partial charge in [-0.05, 0) is 36.8 Å². The van der Waals surface area contributed by atoms with E-state index < -0.39 is 11.8 Å². The van der Waals surface area contributed by atoms with Crippen LogP contribution in [0.3, 0.4) is 0 Å². The van der Waals surface area contributed by atoms with Crippen molar-refractivity contribution in [1.82, 2.24) is 15.4 Å². The first kappa shape index (κ1) is 22.2. The normalized spacial score (nSPS) is 10.4. The van der Waals surface area contributed by atoms with Crippen molar-refractivity contribution in [2.45, 2.75) is 12.8 Å². The number of hydroxylamine groups is 1. The van der Waals surface area contributed by atoms with Crippen LogP contribution < -0.4 is 20.9 Å². The third kappa shape index (κ3) is 6.00. The molecule has 0 aliphatic rings. The van der Waals surface area contributed by atoms with Gasteiger partial charge in [0.15, 0.2) is 0 Å². The van der Waals surface area contributed by atoms with Crippen LogP contribution in [-0.4, -0.2) is 33.6 Å². The number of amides is 2. The largest absolute Gasteiger partial charge is 0.491 e. The van der Waals surface area contributed by atoms with Gasteiger partial charge in [-0.3, -0.25) is 14.8 Å². The number of carbonyl (C=O) groups is 2. The molecule has 0 unspecified atom stereocenters. The van der Waals surface area contributed by atoms with Crippen molar-refractivity contribution >= 4 is 55.8 Å². The Hall–Kier alpha value is -3.50. The first-order chi connectivity index (χ1) is 15.0. The molecular formula is C21H20BrN5O4. The zero-order chi connectivity index (χ0) is 22.2. The molecule has 9 nitrogen and oxygen atoms in total. The second kappa shape index (κ2) is 10.5. The first-order valence-electron chi connectivity index (χ1n) is 9.30. The van der Waals surface area contributed by atoms with Gasteiger partial charge < -0.3 is 15.4 Å². The Bertz CT molecular complexity index is 1120. The summed E-state index contributed by atoms with van der Waals surface area (Å²) in [5.41, 5.74) is 3.42. The highest BCUT2D eigenvalue weighted by molar-refractivity contribution is 9.10. The maximum Gasteiger partial charge on any atom is 0.247 e. The quantitative estimate of drug-likeness (QED) is 0.156. The number of aromatic nitrogens is 2. The highest BCUT2D eigenvalue weighted by Gasteiger charge is 2.13. The molecule has 10 heteroatoms. The fourth-order valence-electron chi connectivity index (χ4n) is 2.76. The predicted molar refractivity (Wildman–Crippen MR) is 120 cm³/mol. The lowest BCUT2D eigenvalue weighted by atomic mass is 10.1. The van der Waals surface area contributed by atoms with Gasteiger partial charge in [0.05, 0.1) is 17.8 Å². The summed E-state index contributed by atoms with van der Waals surface area (Å²) in [5, 5.41) is 15.2. The minimum atomic E-state index is -0.502. The van der Waals surface area contributed by atoms with Crippen molar-refractivity contribution in [3.05, 3.63) is 59.9 Å². The molecule has 0 bridgehead atoms. The molecule has 3 aromatic rings. The topological polar surface area (TPSA) is 125 Å². The number of carbonyl (C=O) groups excluding carboxylic acids is 2. The molecule has 2 aromatic carbocycles. The van der Waals surface area contributed by atoms with Crippen LogP contribution >= 0.6 is 15.9 Å². The number of nitrogens with one attached hydrogen (secondary N) is 3. The molecule has 0 radical (unpaired) electrons. The van der Waals surface area contributed by atoms with E-state index in [9.17, 15) is 9.59 Å². The SMILES string of the molecule is C=CC(=O)Nc1cc2c(Nc3cccc(Br)c3)ncnc2cc1OCCCC(=O)NO. The first-order valence-corrected chi connectivity index (χ1v) is 10.1. The Labute approximate surface area is 186 Å². The molecule has 160 valence electrons. The van der Waals surface area contributed by atoms with E-state index in [-0.39, 0.29) is 13.0 Å². The van der Waals surface area contributed by atoms with Crippen LogP contribution in [0.15, 0.2) is 59.9 Å². The zero-order valence-corrected chi connectivity index (χ0v) is 18.0. The summed E-state index contributed by atoms with van der Waals surface area (Å²) >= 11 is 3.44. The molecule has 0 atom stereocenters. The van der Waals surface area contributed by atoms with Crippen LogP contribution in [0.1, 0.15) is 12.8 Å². The minimum absolute atomic E-state index is 0.0985. The number of benzene rings is 2. The van der Waals surface area contributed by atoms with Gasteiger partial charge in [0.1, 0.15) is 17.9 Å². The molecule has 0 fully saturated rings. The summed E-state index contributed by atoms with van der Waals surface area (Å²) in [6.45, 7) is 3.67. The van der Waals surface area contributed by atoms with Crippen molar-refractivity contribution < 1.29 is 19.5 Å². The average molecular weight is 486 g/mol. The van der Waals surface area contributed by atoms with E-state index in [1.807, 2.05) is 24.3 Å². The zero-order valence-electron chi connectivity index (χ0n) is 16.4. The fourth-order valence-corrected chi connectivity index (χ4v) is 3.16. The van der Waals surface area contributed by atoms with Crippen molar-refractivity contribution in [2.75, 3.05) is 17.2 Å². The van der Waals surface area contributed by atoms with Gasteiger partial charge in [-0.25, -0.2) is 15.4 Å². The molecule has 3 rings (SSSR count). The summed E-state index contributed by atoms with van der Waals surface area (Å²) in [6, 6.07) is 11.0. The van der Waals surface area contributed by atoms with Gasteiger partial charge in [0.2, 0.25) is 11.8 Å². The number of hydrogen-bond acceptors (Lipinski definition) is 7. The second-order valence-corrected chi connectivity index (χ2v) is 7.32. The number of halogens is 1. The molecular weight excluding hydrogens is 466 g/mol. The number of anilines is 3. The summed E-state index contributed by atoms with van der Waals surface area (Å²) < 4.78 is 6.68. The van der Waals surface area contributed by atoms with Crippen LogP contribution in [0.25, 0.3) is 10.9 Å². The lowest BCUT2D eigenvalue weighted by Gasteiger charge is -2.15. The monoisotopic (exact) mass is 485 g/mol. The number of nitrogens with zero attached hydrogens (tertiary/aromatic N) is 2. The molecule has 2 amide bonds. The van der Waals surface area contributed by atoms with E-state index in [4.69, 9.17) is 9.94 Å². The fraction of sp³-hybridized carbons (Fsp3) is 0.143. The molecule has 1 heterocycles. The maximum atomic E-state index is 11.9. The third-order valence-corrected chi connectivity index (χ3v) is 4.69. The number of fused-ring (bicyclic) bond motifs is 1. The van der Waals surface area contributed by atoms with Gasteiger partial charge in [-0.2, -0.15) is 0 Å². The lowest BCUT2D eigenvalue weighted by Crippen LogP contribution is -2.19. The third-order valence-electron chi connectivity index (χ3n) is 4.20. The van der Waals surface area contributed by atoms with Gasteiger partial charge in [0.25, 0.3) is 0 Å². The Balaban J connectivity index is 1.92. The van der Waals surface area contributed by atoms with Crippen molar-refractivity contribution in [3.63, 3.8) is 0 Å². The highest BCUT2D eigenvalue weighted by atomic mass is 79.9. The van der Waals surface area contributed by atoms with E-state index in [1.165, 1.54) is 6.33 Å². The van der Waals surface area contributed by atoms with Gasteiger partial charge in [-0.15, -0.1) is 0 Å². The van der Waals surface area contributed by atoms with E-state index in [2.05, 4.69) is 43.1 Å². The van der Waals surface area contributed by atoms with E-state index >= 15 is 0 Å². The molecule has 4 N–H and O–H groups in total. The number of ether oxygens (including phenoxy) is 1. The van der Waals surface area contributed by atoms with Crippen LogP contribution in [0.5, 0.6) is 5.75 Å². The number of rotatable bonds is 9. The molecule has 31 heavy (non-hydrogen) atoms. The Morgan fingerprint density at radius 2 is 2.06 bits per heavy atom. The predicted octanol–water partition coefficient (Wildman–Crippen LogP) is 3.92. The molecule has 0 aliphatic heterocycles. The van der Waals surface area contributed by atoms with Gasteiger partial charge in [-0.1, -0.05) is 28.6 Å². The second-order valence-electron chi connectivity index (χ2n) is 6.40. The molecule has 0 saturated heterocycles. The van der Waals surface area contributed by atoms with Crippen LogP contribution in [0.2, 0.25) is 0 Å². The van der Waals surface area contributed by atoms with Crippen molar-refractivity contribution in [2.24, 2.45) is 0 Å². The highest BCUT2D eigenvalue weighted by Crippen LogP contribution is 2.33.